The Morgan fingerprint density at radius 2 is 2.00 bits per heavy atom. The summed E-state index contributed by atoms with van der Waals surface area (Å²) in [5.41, 5.74) is -0.599. The highest BCUT2D eigenvalue weighted by molar-refractivity contribution is 5.80. The van der Waals surface area contributed by atoms with Crippen LogP contribution in [0.5, 0.6) is 0 Å². The largest absolute Gasteiger partial charge is 0.468 e. The maximum atomic E-state index is 11.9. The zero-order valence-corrected chi connectivity index (χ0v) is 13.3. The fourth-order valence-electron chi connectivity index (χ4n) is 2.74. The van der Waals surface area contributed by atoms with Gasteiger partial charge in [-0.2, -0.15) is 0 Å². The smallest absolute Gasteiger partial charge is 0.325 e. The summed E-state index contributed by atoms with van der Waals surface area (Å²) < 4.78 is 4.92. The molecule has 0 aromatic rings. The molecule has 112 valence electrons. The van der Waals surface area contributed by atoms with E-state index < -0.39 is 5.54 Å². The number of likely N-dealkylation sites (N-methyl/N-ethyl adjacent to an activating group) is 1. The summed E-state index contributed by atoms with van der Waals surface area (Å²) in [6.45, 7) is 9.75. The van der Waals surface area contributed by atoms with Gasteiger partial charge >= 0.3 is 5.97 Å². The molecule has 0 saturated heterocycles. The van der Waals surface area contributed by atoms with Gasteiger partial charge in [-0.15, -0.1) is 0 Å². The molecular weight excluding hydrogens is 240 g/mol. The summed E-state index contributed by atoms with van der Waals surface area (Å²) in [5, 5.41) is 3.13. The Labute approximate surface area is 117 Å². The normalized spacial score (nSPS) is 20.4. The molecule has 0 bridgehead atoms. The van der Waals surface area contributed by atoms with Crippen molar-refractivity contribution in [2.24, 2.45) is 5.92 Å². The third-order valence-electron chi connectivity index (χ3n) is 4.05. The van der Waals surface area contributed by atoms with Gasteiger partial charge in [0.25, 0.3) is 0 Å². The lowest BCUT2D eigenvalue weighted by Crippen LogP contribution is -2.53. The van der Waals surface area contributed by atoms with Gasteiger partial charge in [0.1, 0.15) is 5.54 Å². The fraction of sp³-hybridized carbons (Fsp3) is 0.933. The summed E-state index contributed by atoms with van der Waals surface area (Å²) in [5.74, 6) is 0.476. The van der Waals surface area contributed by atoms with Crippen LogP contribution >= 0.6 is 0 Å². The molecule has 0 aromatic heterocycles. The molecule has 0 aliphatic heterocycles. The molecule has 0 spiro atoms. The Morgan fingerprint density at radius 3 is 2.37 bits per heavy atom. The first-order valence-corrected chi connectivity index (χ1v) is 7.37. The second kappa shape index (κ2) is 6.71. The second-order valence-corrected chi connectivity index (χ2v) is 6.45. The van der Waals surface area contributed by atoms with Gasteiger partial charge in [-0.05, 0) is 46.1 Å². The molecule has 1 rings (SSSR count). The third kappa shape index (κ3) is 4.46. The second-order valence-electron chi connectivity index (χ2n) is 6.45. The lowest BCUT2D eigenvalue weighted by atomic mass is 9.92. The maximum Gasteiger partial charge on any atom is 0.325 e. The highest BCUT2D eigenvalue weighted by Gasteiger charge is 2.39. The van der Waals surface area contributed by atoms with Gasteiger partial charge in [0.2, 0.25) is 0 Å². The number of carbonyl (C=O) groups excluding carboxylic acids is 1. The van der Waals surface area contributed by atoms with Crippen molar-refractivity contribution < 1.29 is 9.53 Å². The van der Waals surface area contributed by atoms with Crippen molar-refractivity contribution in [2.75, 3.05) is 20.7 Å². The van der Waals surface area contributed by atoms with E-state index in [0.29, 0.717) is 12.0 Å². The number of methoxy groups -OCH3 is 1. The number of rotatable bonds is 8. The zero-order chi connectivity index (χ0) is 14.6. The Morgan fingerprint density at radius 1 is 1.42 bits per heavy atom. The molecule has 0 heterocycles. The van der Waals surface area contributed by atoms with Gasteiger partial charge in [-0.1, -0.05) is 13.8 Å². The van der Waals surface area contributed by atoms with Gasteiger partial charge in [-0.3, -0.25) is 9.69 Å². The van der Waals surface area contributed by atoms with Crippen LogP contribution in [-0.4, -0.2) is 49.2 Å². The van der Waals surface area contributed by atoms with E-state index in [1.54, 1.807) is 0 Å². The number of nitrogens with zero attached hydrogens (tertiary/aromatic N) is 1. The number of esters is 1. The molecular formula is C15H30N2O2. The van der Waals surface area contributed by atoms with Crippen molar-refractivity contribution in [3.05, 3.63) is 0 Å². The number of nitrogens with one attached hydrogen (secondary N) is 1. The molecule has 0 amide bonds. The first-order valence-electron chi connectivity index (χ1n) is 7.37. The van der Waals surface area contributed by atoms with Crippen molar-refractivity contribution in [1.29, 1.82) is 0 Å². The topological polar surface area (TPSA) is 41.6 Å². The van der Waals surface area contributed by atoms with Crippen LogP contribution in [0.15, 0.2) is 0 Å². The summed E-state index contributed by atoms with van der Waals surface area (Å²) in [4.78, 5) is 14.5. The molecule has 1 aliphatic carbocycles. The van der Waals surface area contributed by atoms with Crippen molar-refractivity contribution >= 4 is 5.97 Å². The molecule has 2 atom stereocenters. The molecule has 1 N–H and O–H groups in total. The minimum absolute atomic E-state index is 0.179. The first kappa shape index (κ1) is 16.4. The molecule has 1 saturated carbocycles. The summed E-state index contributed by atoms with van der Waals surface area (Å²) in [6, 6.07) is 1.10. The van der Waals surface area contributed by atoms with E-state index in [-0.39, 0.29) is 5.97 Å². The average Bonchev–Trinajstić information content (AvgIpc) is 3.18. The van der Waals surface area contributed by atoms with Crippen LogP contribution in [0.4, 0.5) is 0 Å². The monoisotopic (exact) mass is 270 g/mol. The number of hydrogen-bond donors (Lipinski definition) is 1. The quantitative estimate of drug-likeness (QED) is 0.685. The SMILES string of the molecule is CNC(C)(CC(C)N(CC(C)C)C1CC1)C(=O)OC. The van der Waals surface area contributed by atoms with E-state index in [0.717, 1.165) is 19.0 Å². The van der Waals surface area contributed by atoms with Gasteiger partial charge in [0, 0.05) is 18.6 Å². The first-order chi connectivity index (χ1) is 8.84. The number of carbonyl (C=O) groups is 1. The highest BCUT2D eigenvalue weighted by Crippen LogP contribution is 2.31. The van der Waals surface area contributed by atoms with Crippen LogP contribution in [-0.2, 0) is 9.53 Å². The molecule has 19 heavy (non-hydrogen) atoms. The van der Waals surface area contributed by atoms with Crippen LogP contribution in [0, 0.1) is 5.92 Å². The van der Waals surface area contributed by atoms with E-state index in [1.165, 1.54) is 20.0 Å². The fourth-order valence-corrected chi connectivity index (χ4v) is 2.74. The molecule has 1 aliphatic rings. The summed E-state index contributed by atoms with van der Waals surface area (Å²) in [6.07, 6.45) is 3.37. The Hall–Kier alpha value is -0.610. The predicted molar refractivity (Wildman–Crippen MR) is 78.1 cm³/mol. The lowest BCUT2D eigenvalue weighted by Gasteiger charge is -2.36. The van der Waals surface area contributed by atoms with Gasteiger partial charge in [0.15, 0.2) is 0 Å². The van der Waals surface area contributed by atoms with Crippen LogP contribution in [0.3, 0.4) is 0 Å². The van der Waals surface area contributed by atoms with E-state index in [1.807, 2.05) is 14.0 Å². The molecule has 0 aromatic carbocycles. The average molecular weight is 270 g/mol. The number of hydrogen-bond acceptors (Lipinski definition) is 4. The van der Waals surface area contributed by atoms with Crippen molar-refractivity contribution in [3.63, 3.8) is 0 Å². The number of ether oxygens (including phenoxy) is 1. The minimum atomic E-state index is -0.599. The van der Waals surface area contributed by atoms with Crippen LogP contribution in [0.1, 0.15) is 47.0 Å². The highest BCUT2D eigenvalue weighted by atomic mass is 16.5. The minimum Gasteiger partial charge on any atom is -0.468 e. The van der Waals surface area contributed by atoms with E-state index >= 15 is 0 Å². The van der Waals surface area contributed by atoms with Gasteiger partial charge in [-0.25, -0.2) is 0 Å². The molecule has 4 nitrogen and oxygen atoms in total. The van der Waals surface area contributed by atoms with Gasteiger partial charge in [0.05, 0.1) is 7.11 Å². The molecule has 2 unspecified atom stereocenters. The Bertz CT molecular complexity index is 303. The van der Waals surface area contributed by atoms with E-state index in [9.17, 15) is 4.79 Å². The Balaban J connectivity index is 2.68. The predicted octanol–water partition coefficient (Wildman–Crippen LogP) is 2.04. The van der Waals surface area contributed by atoms with Crippen LogP contribution in [0.25, 0.3) is 0 Å². The van der Waals surface area contributed by atoms with Crippen LogP contribution in [0.2, 0.25) is 0 Å². The van der Waals surface area contributed by atoms with Crippen molar-refractivity contribution in [2.45, 2.75) is 64.6 Å². The summed E-state index contributed by atoms with van der Waals surface area (Å²) in [7, 11) is 3.28. The Kier molecular flexibility index (Phi) is 5.81. The van der Waals surface area contributed by atoms with Crippen molar-refractivity contribution in [3.8, 4) is 0 Å². The van der Waals surface area contributed by atoms with Crippen LogP contribution < -0.4 is 5.32 Å². The summed E-state index contributed by atoms with van der Waals surface area (Å²) >= 11 is 0. The van der Waals surface area contributed by atoms with Crippen molar-refractivity contribution in [1.82, 2.24) is 10.2 Å². The van der Waals surface area contributed by atoms with Gasteiger partial charge < -0.3 is 10.1 Å². The van der Waals surface area contributed by atoms with E-state index in [4.69, 9.17) is 4.74 Å². The molecule has 1 fully saturated rings. The van der Waals surface area contributed by atoms with E-state index in [2.05, 4.69) is 31.0 Å². The molecule has 4 heteroatoms. The molecule has 0 radical (unpaired) electrons. The third-order valence-corrected chi connectivity index (χ3v) is 4.05. The lowest BCUT2D eigenvalue weighted by molar-refractivity contribution is -0.148. The standard InChI is InChI=1S/C15H30N2O2/c1-11(2)10-17(13-7-8-13)12(3)9-15(4,16-5)14(18)19-6/h11-13,16H,7-10H2,1-6H3. The zero-order valence-electron chi connectivity index (χ0n) is 13.3. The maximum absolute atomic E-state index is 11.9.